The van der Waals surface area contributed by atoms with Crippen molar-refractivity contribution in [1.82, 2.24) is 20.9 Å². The average molecular weight is 519 g/mol. The van der Waals surface area contributed by atoms with Gasteiger partial charge in [0.15, 0.2) is 0 Å². The highest BCUT2D eigenvalue weighted by molar-refractivity contribution is 5.93. The van der Waals surface area contributed by atoms with Gasteiger partial charge in [-0.25, -0.2) is 0 Å². The maximum atomic E-state index is 13.4. The Morgan fingerprint density at radius 2 is 1.79 bits per heavy atom. The topological polar surface area (TPSA) is 99.8 Å². The van der Waals surface area contributed by atoms with Crippen LogP contribution in [0.2, 0.25) is 0 Å². The standard InChI is InChI=1S/C30H38N4O4/c1-20-9-11-23(12-10-20)19-26-29(36)32-15-5-7-22-6-4-8-25(18-22)38-17-16-31-27(24-13-14-24)30(37)34(3)21(2)28(35)33-26/h4-12,18,21,24,26-27,31H,13-17,19H2,1-3H3,(H,32,36)(H,33,35)/b7-5+/t21-,26-,27+/m1/s1. The number of nitrogens with one attached hydrogen (secondary N) is 3. The molecule has 0 saturated heterocycles. The molecule has 1 saturated carbocycles. The van der Waals surface area contributed by atoms with Crippen molar-refractivity contribution in [3.63, 3.8) is 0 Å². The van der Waals surface area contributed by atoms with E-state index in [1.54, 1.807) is 14.0 Å². The van der Waals surface area contributed by atoms with Gasteiger partial charge in [-0.15, -0.1) is 0 Å². The molecule has 0 aromatic heterocycles. The van der Waals surface area contributed by atoms with Crippen molar-refractivity contribution >= 4 is 23.8 Å². The van der Waals surface area contributed by atoms with Crippen LogP contribution in [0.5, 0.6) is 5.75 Å². The van der Waals surface area contributed by atoms with Crippen LogP contribution in [0.3, 0.4) is 0 Å². The highest BCUT2D eigenvalue weighted by Crippen LogP contribution is 2.33. The largest absolute Gasteiger partial charge is 0.492 e. The Balaban J connectivity index is 1.56. The summed E-state index contributed by atoms with van der Waals surface area (Å²) in [6, 6.07) is 13.7. The van der Waals surface area contributed by atoms with Crippen molar-refractivity contribution in [3.05, 3.63) is 71.3 Å². The van der Waals surface area contributed by atoms with Crippen molar-refractivity contribution in [3.8, 4) is 5.75 Å². The van der Waals surface area contributed by atoms with E-state index in [0.29, 0.717) is 26.1 Å². The third-order valence-electron chi connectivity index (χ3n) is 7.16. The zero-order valence-corrected chi connectivity index (χ0v) is 22.4. The Labute approximate surface area is 224 Å². The number of likely N-dealkylation sites (N-methyl/N-ethyl adjacent to an activating group) is 1. The van der Waals surface area contributed by atoms with Crippen molar-refractivity contribution in [1.29, 1.82) is 0 Å². The summed E-state index contributed by atoms with van der Waals surface area (Å²) in [5.41, 5.74) is 3.01. The van der Waals surface area contributed by atoms with Crippen LogP contribution in [-0.4, -0.2) is 67.5 Å². The van der Waals surface area contributed by atoms with Gasteiger partial charge in [-0.3, -0.25) is 14.4 Å². The number of amides is 3. The average Bonchev–Trinajstić information content (AvgIpc) is 3.75. The van der Waals surface area contributed by atoms with Crippen molar-refractivity contribution < 1.29 is 19.1 Å². The number of carbonyl (C=O) groups excluding carboxylic acids is 3. The molecule has 2 aromatic rings. The molecule has 2 bridgehead atoms. The fourth-order valence-electron chi connectivity index (χ4n) is 4.50. The van der Waals surface area contributed by atoms with E-state index in [4.69, 9.17) is 4.74 Å². The number of benzene rings is 2. The number of rotatable bonds is 3. The predicted molar refractivity (Wildman–Crippen MR) is 148 cm³/mol. The lowest BCUT2D eigenvalue weighted by Gasteiger charge is -2.30. The molecule has 38 heavy (non-hydrogen) atoms. The zero-order valence-electron chi connectivity index (χ0n) is 22.4. The smallest absolute Gasteiger partial charge is 0.243 e. The third-order valence-corrected chi connectivity index (χ3v) is 7.16. The van der Waals surface area contributed by atoms with Gasteiger partial charge in [0, 0.05) is 26.6 Å². The zero-order chi connectivity index (χ0) is 27.1. The first-order valence-corrected chi connectivity index (χ1v) is 13.3. The minimum Gasteiger partial charge on any atom is -0.492 e. The lowest BCUT2D eigenvalue weighted by atomic mass is 10.0. The number of hydrogen-bond acceptors (Lipinski definition) is 5. The second kappa shape index (κ2) is 12.7. The number of nitrogens with zero attached hydrogens (tertiary/aromatic N) is 1. The first-order valence-electron chi connectivity index (χ1n) is 13.3. The summed E-state index contributed by atoms with van der Waals surface area (Å²) in [6.07, 6.45) is 6.09. The highest BCUT2D eigenvalue weighted by Gasteiger charge is 2.39. The Kier molecular flexibility index (Phi) is 9.18. The van der Waals surface area contributed by atoms with Crippen molar-refractivity contribution in [2.75, 3.05) is 26.7 Å². The molecule has 2 aliphatic rings. The maximum absolute atomic E-state index is 13.4. The summed E-state index contributed by atoms with van der Waals surface area (Å²) in [7, 11) is 1.65. The summed E-state index contributed by atoms with van der Waals surface area (Å²) in [5, 5.41) is 9.16. The molecule has 1 heterocycles. The molecule has 202 valence electrons. The molecule has 3 amide bonds. The van der Waals surface area contributed by atoms with Gasteiger partial charge in [0.25, 0.3) is 0 Å². The number of aryl methyl sites for hydroxylation is 1. The second-order valence-corrected chi connectivity index (χ2v) is 10.2. The quantitative estimate of drug-likeness (QED) is 0.580. The van der Waals surface area contributed by atoms with E-state index in [9.17, 15) is 14.4 Å². The van der Waals surface area contributed by atoms with E-state index < -0.39 is 12.1 Å². The van der Waals surface area contributed by atoms with Gasteiger partial charge in [0.05, 0.1) is 6.04 Å². The molecule has 1 aliphatic carbocycles. The van der Waals surface area contributed by atoms with E-state index in [-0.39, 0.29) is 29.7 Å². The molecule has 1 fully saturated rings. The molecule has 3 atom stereocenters. The van der Waals surface area contributed by atoms with Crippen LogP contribution in [-0.2, 0) is 20.8 Å². The van der Waals surface area contributed by atoms with E-state index >= 15 is 0 Å². The van der Waals surface area contributed by atoms with Crippen LogP contribution in [0.25, 0.3) is 6.08 Å². The molecule has 3 N–H and O–H groups in total. The van der Waals surface area contributed by atoms with Crippen LogP contribution in [0.1, 0.15) is 36.5 Å². The van der Waals surface area contributed by atoms with Crippen LogP contribution >= 0.6 is 0 Å². The number of ether oxygens (including phenoxy) is 1. The predicted octanol–water partition coefficient (Wildman–Crippen LogP) is 2.46. The fourth-order valence-corrected chi connectivity index (χ4v) is 4.50. The summed E-state index contributed by atoms with van der Waals surface area (Å²) in [5.74, 6) is 0.221. The van der Waals surface area contributed by atoms with Gasteiger partial charge in [0.1, 0.15) is 24.4 Å². The Morgan fingerprint density at radius 3 is 2.53 bits per heavy atom. The van der Waals surface area contributed by atoms with Crippen LogP contribution in [0.4, 0.5) is 0 Å². The number of carbonyl (C=O) groups is 3. The van der Waals surface area contributed by atoms with E-state index in [1.165, 1.54) is 4.90 Å². The van der Waals surface area contributed by atoms with E-state index in [0.717, 1.165) is 35.3 Å². The normalized spacial score (nSPS) is 24.8. The summed E-state index contributed by atoms with van der Waals surface area (Å²) < 4.78 is 5.90. The molecule has 8 heteroatoms. The molecule has 4 rings (SSSR count). The van der Waals surface area contributed by atoms with Gasteiger partial charge in [0.2, 0.25) is 17.7 Å². The lowest BCUT2D eigenvalue weighted by Crippen LogP contribution is -2.56. The molecule has 0 unspecified atom stereocenters. The number of fused-ring (bicyclic) bond motifs is 2. The molecule has 1 aliphatic heterocycles. The first-order chi connectivity index (χ1) is 18.3. The van der Waals surface area contributed by atoms with Gasteiger partial charge in [-0.2, -0.15) is 0 Å². The highest BCUT2D eigenvalue weighted by atomic mass is 16.5. The minimum atomic E-state index is -0.777. The second-order valence-electron chi connectivity index (χ2n) is 10.2. The Hall–Kier alpha value is -3.65. The fraction of sp³-hybridized carbons (Fsp3) is 0.433. The first kappa shape index (κ1) is 27.4. The molecular formula is C30H38N4O4. The summed E-state index contributed by atoms with van der Waals surface area (Å²) in [4.78, 5) is 41.3. The van der Waals surface area contributed by atoms with Gasteiger partial charge in [-0.05, 0) is 55.9 Å². The maximum Gasteiger partial charge on any atom is 0.243 e. The van der Waals surface area contributed by atoms with Crippen molar-refractivity contribution in [2.24, 2.45) is 5.92 Å². The van der Waals surface area contributed by atoms with E-state index in [1.807, 2.05) is 67.6 Å². The summed E-state index contributed by atoms with van der Waals surface area (Å²) in [6.45, 7) is 4.94. The molecular weight excluding hydrogens is 480 g/mol. The van der Waals surface area contributed by atoms with Crippen molar-refractivity contribution in [2.45, 2.75) is 51.2 Å². The van der Waals surface area contributed by atoms with Gasteiger partial charge < -0.3 is 25.6 Å². The monoisotopic (exact) mass is 518 g/mol. The van der Waals surface area contributed by atoms with Gasteiger partial charge >= 0.3 is 0 Å². The van der Waals surface area contributed by atoms with Crippen LogP contribution in [0, 0.1) is 12.8 Å². The van der Waals surface area contributed by atoms with Gasteiger partial charge in [-0.1, -0.05) is 54.1 Å². The SMILES string of the molecule is Cc1ccc(C[C@H]2NC(=O)[C@@H](C)N(C)C(=O)[C@H](C3CC3)NCCOc3cccc(c3)/C=C/CNC2=O)cc1. The third kappa shape index (κ3) is 7.44. The van der Waals surface area contributed by atoms with Crippen LogP contribution < -0.4 is 20.7 Å². The minimum absolute atomic E-state index is 0.126. The molecule has 0 spiro atoms. The number of hydrogen-bond donors (Lipinski definition) is 3. The molecule has 8 nitrogen and oxygen atoms in total. The molecule has 2 aromatic carbocycles. The molecule has 0 radical (unpaired) electrons. The van der Waals surface area contributed by atoms with Crippen LogP contribution in [0.15, 0.2) is 54.6 Å². The summed E-state index contributed by atoms with van der Waals surface area (Å²) >= 11 is 0. The Bertz CT molecular complexity index is 1160. The Morgan fingerprint density at radius 1 is 1.03 bits per heavy atom. The van der Waals surface area contributed by atoms with E-state index in [2.05, 4.69) is 16.0 Å². The lowest BCUT2D eigenvalue weighted by molar-refractivity contribution is -0.141.